The minimum atomic E-state index is -6.24. The highest BCUT2D eigenvalue weighted by Gasteiger charge is 2.49. The largest absolute Gasteiger partial charge is 0.534 e. The van der Waals surface area contributed by atoms with Crippen molar-refractivity contribution >= 4 is 44.7 Å². The van der Waals surface area contributed by atoms with Crippen molar-refractivity contribution in [1.29, 1.82) is 0 Å². The van der Waals surface area contributed by atoms with Crippen LogP contribution in [0.3, 0.4) is 0 Å². The van der Waals surface area contributed by atoms with Crippen LogP contribution in [0.25, 0.3) is 22.1 Å². The summed E-state index contributed by atoms with van der Waals surface area (Å²) in [4.78, 5) is 24.9. The molecule has 0 aliphatic carbocycles. The molecule has 1 aromatic heterocycles. The van der Waals surface area contributed by atoms with E-state index in [1.807, 2.05) is 40.7 Å². The van der Waals surface area contributed by atoms with Gasteiger partial charge in [-0.05, 0) is 68.3 Å². The van der Waals surface area contributed by atoms with Crippen LogP contribution in [0, 0.1) is 19.7 Å². The van der Waals surface area contributed by atoms with Crippen LogP contribution in [-0.4, -0.2) is 20.2 Å². The van der Waals surface area contributed by atoms with Crippen molar-refractivity contribution < 1.29 is 39.4 Å². The van der Waals surface area contributed by atoms with Crippen LogP contribution < -0.4 is 14.9 Å². The Balaban J connectivity index is 0.00000271. The third kappa shape index (κ3) is 7.33. The van der Waals surface area contributed by atoms with Crippen molar-refractivity contribution in [2.45, 2.75) is 65.9 Å². The van der Waals surface area contributed by atoms with Crippen LogP contribution in [0.2, 0.25) is 5.02 Å². The van der Waals surface area contributed by atoms with E-state index in [-0.39, 0.29) is 33.8 Å². The van der Waals surface area contributed by atoms with Crippen molar-refractivity contribution in [2.24, 2.45) is 0 Å². The number of hydrogen-bond acceptors (Lipinski definition) is 7. The van der Waals surface area contributed by atoms with E-state index >= 15 is 4.39 Å². The summed E-state index contributed by atoms with van der Waals surface area (Å²) in [7, 11) is -6.24. The standard InChI is InChI=1S/C30H26ClF4NO6S.C2H6/c1-14(2)27-16(4)26(38)23-9-15(3)8-21(29(23)41-27)17(5)36-25-7-6-20(31)12-22(25)18-10-19(13-37)28(24(32)11-18)42-43(39,40)30(33,34)35;1-2/h6-14,17,36H,1-5H3;1-2H3. The number of benzene rings is 3. The lowest BCUT2D eigenvalue weighted by Gasteiger charge is -2.21. The molecule has 4 aromatic rings. The fraction of sp³-hybridized carbons (Fsp3) is 0.312. The van der Waals surface area contributed by atoms with Crippen LogP contribution >= 0.6 is 11.6 Å². The molecule has 0 fully saturated rings. The predicted octanol–water partition coefficient (Wildman–Crippen LogP) is 9.23. The number of halogens is 5. The molecule has 1 atom stereocenters. The Labute approximate surface area is 263 Å². The topological polar surface area (TPSA) is 103 Å². The van der Waals surface area contributed by atoms with E-state index in [0.717, 1.165) is 17.7 Å². The van der Waals surface area contributed by atoms with Gasteiger partial charge < -0.3 is 13.9 Å². The first kappa shape index (κ1) is 35.6. The third-order valence-electron chi connectivity index (χ3n) is 6.76. The van der Waals surface area contributed by atoms with E-state index < -0.39 is 38.8 Å². The van der Waals surface area contributed by atoms with Gasteiger partial charge in [0, 0.05) is 33.3 Å². The van der Waals surface area contributed by atoms with Gasteiger partial charge in [0.1, 0.15) is 11.3 Å². The fourth-order valence-electron chi connectivity index (χ4n) is 4.75. The number of fused-ring (bicyclic) bond motifs is 1. The minimum Gasteiger partial charge on any atom is -0.460 e. The molecule has 0 aliphatic rings. The average Bonchev–Trinajstić information content (AvgIpc) is 2.96. The van der Waals surface area contributed by atoms with Crippen molar-refractivity contribution in [2.75, 3.05) is 5.32 Å². The summed E-state index contributed by atoms with van der Waals surface area (Å²) in [6.07, 6.45) is -0.0245. The smallest absolute Gasteiger partial charge is 0.460 e. The van der Waals surface area contributed by atoms with Gasteiger partial charge in [-0.2, -0.15) is 21.6 Å². The zero-order valence-corrected chi connectivity index (χ0v) is 27.1. The molecule has 0 bridgehead atoms. The molecule has 1 heterocycles. The summed E-state index contributed by atoms with van der Waals surface area (Å²) in [6.45, 7) is 13.2. The van der Waals surface area contributed by atoms with Gasteiger partial charge >= 0.3 is 15.6 Å². The Hall–Kier alpha value is -3.90. The summed E-state index contributed by atoms with van der Waals surface area (Å²) in [5.41, 5.74) is -3.80. The maximum absolute atomic E-state index is 15.0. The molecule has 0 radical (unpaired) electrons. The van der Waals surface area contributed by atoms with Crippen molar-refractivity contribution in [3.63, 3.8) is 0 Å². The summed E-state index contributed by atoms with van der Waals surface area (Å²) >= 11 is 6.21. The number of anilines is 1. The Kier molecular flexibility index (Phi) is 10.8. The van der Waals surface area contributed by atoms with Gasteiger partial charge in [0.15, 0.2) is 23.3 Å². The summed E-state index contributed by atoms with van der Waals surface area (Å²) in [6, 6.07) is 9.35. The minimum absolute atomic E-state index is 0.00749. The van der Waals surface area contributed by atoms with Crippen LogP contribution in [0.15, 0.2) is 51.7 Å². The lowest BCUT2D eigenvalue weighted by molar-refractivity contribution is -0.0501. The molecule has 13 heteroatoms. The molecule has 3 aromatic carbocycles. The quantitative estimate of drug-likeness (QED) is 0.0863. The lowest BCUT2D eigenvalue weighted by atomic mass is 9.97. The van der Waals surface area contributed by atoms with Crippen molar-refractivity contribution in [1.82, 2.24) is 0 Å². The Morgan fingerprint density at radius 3 is 2.24 bits per heavy atom. The number of rotatable bonds is 8. The van der Waals surface area contributed by atoms with E-state index in [0.29, 0.717) is 33.5 Å². The molecule has 1 N–H and O–H groups in total. The van der Waals surface area contributed by atoms with E-state index in [2.05, 4.69) is 9.50 Å². The second-order valence-corrected chi connectivity index (χ2v) is 12.3. The highest BCUT2D eigenvalue weighted by molar-refractivity contribution is 7.88. The van der Waals surface area contributed by atoms with Gasteiger partial charge in [0.2, 0.25) is 0 Å². The van der Waals surface area contributed by atoms with E-state index in [1.54, 1.807) is 32.0 Å². The maximum Gasteiger partial charge on any atom is 0.534 e. The first-order valence-electron chi connectivity index (χ1n) is 13.9. The summed E-state index contributed by atoms with van der Waals surface area (Å²) in [5, 5.41) is 3.90. The van der Waals surface area contributed by atoms with E-state index in [4.69, 9.17) is 16.0 Å². The fourth-order valence-corrected chi connectivity index (χ4v) is 5.41. The van der Waals surface area contributed by atoms with Crippen molar-refractivity contribution in [3.8, 4) is 16.9 Å². The third-order valence-corrected chi connectivity index (χ3v) is 7.95. The number of aryl methyl sites for hydroxylation is 1. The monoisotopic (exact) mass is 669 g/mol. The predicted molar refractivity (Wildman–Crippen MR) is 167 cm³/mol. The SMILES string of the molecule is CC.Cc1cc(C(C)Nc2ccc(Cl)cc2-c2cc(F)c(OS(=O)(=O)C(F)(F)F)c(C=O)c2)c2oc(C(C)C)c(C)c(=O)c2c1. The first-order chi connectivity index (χ1) is 20.9. The molecular weight excluding hydrogens is 638 g/mol. The highest BCUT2D eigenvalue weighted by atomic mass is 35.5. The van der Waals surface area contributed by atoms with Crippen molar-refractivity contribution in [3.05, 3.63) is 91.5 Å². The van der Waals surface area contributed by atoms with Gasteiger partial charge in [-0.1, -0.05) is 45.4 Å². The Morgan fingerprint density at radius 2 is 1.67 bits per heavy atom. The average molecular weight is 670 g/mol. The van der Waals surface area contributed by atoms with Gasteiger partial charge in [0.25, 0.3) is 0 Å². The molecule has 0 aliphatic heterocycles. The molecule has 1 unspecified atom stereocenters. The zero-order valence-electron chi connectivity index (χ0n) is 25.5. The molecule has 0 saturated carbocycles. The van der Waals surface area contributed by atoms with Crippen LogP contribution in [-0.2, 0) is 10.1 Å². The van der Waals surface area contributed by atoms with Crippen LogP contribution in [0.4, 0.5) is 23.2 Å². The summed E-state index contributed by atoms with van der Waals surface area (Å²) < 4.78 is 86.7. The number of aldehydes is 1. The normalized spacial score (nSPS) is 12.5. The summed E-state index contributed by atoms with van der Waals surface area (Å²) in [5.74, 6) is -2.42. The Morgan fingerprint density at radius 1 is 1.02 bits per heavy atom. The molecule has 0 amide bonds. The highest BCUT2D eigenvalue weighted by Crippen LogP contribution is 2.39. The lowest BCUT2D eigenvalue weighted by Crippen LogP contribution is -2.28. The van der Waals surface area contributed by atoms with Gasteiger partial charge in [-0.3, -0.25) is 9.59 Å². The molecule has 4 rings (SSSR count). The molecule has 242 valence electrons. The van der Waals surface area contributed by atoms with Gasteiger partial charge in [-0.15, -0.1) is 0 Å². The number of hydrogen-bond donors (Lipinski definition) is 1. The van der Waals surface area contributed by atoms with Crippen LogP contribution in [0.5, 0.6) is 5.75 Å². The molecule has 7 nitrogen and oxygen atoms in total. The first-order valence-corrected chi connectivity index (χ1v) is 15.7. The Bertz CT molecular complexity index is 1920. The van der Waals surface area contributed by atoms with Gasteiger partial charge in [-0.25, -0.2) is 4.39 Å². The number of carbonyl (C=O) groups excluding carboxylic acids is 1. The molecule has 0 spiro atoms. The molecule has 0 saturated heterocycles. The molecule has 45 heavy (non-hydrogen) atoms. The number of carbonyl (C=O) groups is 1. The second-order valence-electron chi connectivity index (χ2n) is 10.3. The second kappa shape index (κ2) is 13.6. The van der Waals surface area contributed by atoms with E-state index in [1.165, 1.54) is 6.07 Å². The maximum atomic E-state index is 15.0. The number of nitrogens with one attached hydrogen (secondary N) is 1. The number of alkyl halides is 3. The molecular formula is C32H32ClF4NO6S. The zero-order chi connectivity index (χ0) is 34.0. The van der Waals surface area contributed by atoms with E-state index in [9.17, 15) is 31.2 Å². The van der Waals surface area contributed by atoms with Crippen LogP contribution in [0.1, 0.15) is 79.4 Å². The van der Waals surface area contributed by atoms with Gasteiger partial charge in [0.05, 0.1) is 17.0 Å².